The standard InChI is InChI=1S/C25H26N2O6/c28-22(27-25(10-11-25)23(29)30)21-15(9-12-32-21)13-26-24(31)33-14-20-18-7-3-1-5-16(18)17-6-2-4-8-19(17)20/h1-8,15,20-21H,9-14H2,(H,26,31)(H,27,28)(H,29,30). The summed E-state index contributed by atoms with van der Waals surface area (Å²) in [6.45, 7) is 0.816. The molecule has 1 saturated carbocycles. The molecule has 1 aliphatic heterocycles. The van der Waals surface area contributed by atoms with Gasteiger partial charge in [0.15, 0.2) is 0 Å². The van der Waals surface area contributed by atoms with Crippen molar-refractivity contribution in [2.75, 3.05) is 19.8 Å². The fourth-order valence-electron chi connectivity index (χ4n) is 4.82. The van der Waals surface area contributed by atoms with Crippen molar-refractivity contribution in [3.05, 3.63) is 59.7 Å². The minimum absolute atomic E-state index is 0.0257. The lowest BCUT2D eigenvalue weighted by Gasteiger charge is -2.21. The summed E-state index contributed by atoms with van der Waals surface area (Å²) in [5.41, 5.74) is 3.44. The highest BCUT2D eigenvalue weighted by atomic mass is 16.5. The second-order valence-electron chi connectivity index (χ2n) is 8.92. The Balaban J connectivity index is 1.15. The van der Waals surface area contributed by atoms with E-state index in [1.807, 2.05) is 24.3 Å². The minimum atomic E-state index is -1.16. The molecule has 2 aromatic carbocycles. The lowest BCUT2D eigenvalue weighted by molar-refractivity contribution is -0.145. The average Bonchev–Trinajstić information content (AvgIpc) is 3.33. The summed E-state index contributed by atoms with van der Waals surface area (Å²) in [7, 11) is 0. The number of rotatable bonds is 7. The molecule has 1 saturated heterocycles. The van der Waals surface area contributed by atoms with E-state index in [1.165, 1.54) is 0 Å². The molecule has 2 aromatic rings. The third kappa shape index (κ3) is 4.06. The molecule has 3 aliphatic rings. The Morgan fingerprint density at radius 2 is 1.67 bits per heavy atom. The molecule has 2 atom stereocenters. The van der Waals surface area contributed by atoms with Crippen LogP contribution in [0.3, 0.4) is 0 Å². The van der Waals surface area contributed by atoms with E-state index < -0.39 is 29.6 Å². The minimum Gasteiger partial charge on any atom is -0.480 e. The van der Waals surface area contributed by atoms with E-state index in [0.29, 0.717) is 25.9 Å². The Morgan fingerprint density at radius 1 is 1.03 bits per heavy atom. The van der Waals surface area contributed by atoms with Crippen molar-refractivity contribution < 1.29 is 29.0 Å². The van der Waals surface area contributed by atoms with Gasteiger partial charge in [0, 0.05) is 25.0 Å². The Hall–Kier alpha value is -3.39. The van der Waals surface area contributed by atoms with Gasteiger partial charge in [-0.1, -0.05) is 48.5 Å². The van der Waals surface area contributed by atoms with E-state index in [9.17, 15) is 19.5 Å². The number of carbonyl (C=O) groups is 3. The molecular formula is C25H26N2O6. The van der Waals surface area contributed by atoms with Crippen molar-refractivity contribution in [1.82, 2.24) is 10.6 Å². The molecule has 0 radical (unpaired) electrons. The number of hydrogen-bond donors (Lipinski definition) is 3. The maximum Gasteiger partial charge on any atom is 0.407 e. The molecule has 0 spiro atoms. The van der Waals surface area contributed by atoms with E-state index in [2.05, 4.69) is 34.9 Å². The first-order valence-corrected chi connectivity index (χ1v) is 11.2. The smallest absolute Gasteiger partial charge is 0.407 e. The Morgan fingerprint density at radius 3 is 2.27 bits per heavy atom. The quantitative estimate of drug-likeness (QED) is 0.598. The normalized spacial score (nSPS) is 22.2. The van der Waals surface area contributed by atoms with Gasteiger partial charge in [0.1, 0.15) is 18.2 Å². The van der Waals surface area contributed by atoms with Gasteiger partial charge < -0.3 is 25.2 Å². The monoisotopic (exact) mass is 450 g/mol. The van der Waals surface area contributed by atoms with Crippen LogP contribution in [0, 0.1) is 5.92 Å². The van der Waals surface area contributed by atoms with Crippen molar-refractivity contribution in [3.8, 4) is 11.1 Å². The zero-order valence-corrected chi connectivity index (χ0v) is 18.1. The number of carbonyl (C=O) groups excluding carboxylic acids is 2. The summed E-state index contributed by atoms with van der Waals surface area (Å²) >= 11 is 0. The van der Waals surface area contributed by atoms with Gasteiger partial charge in [0.2, 0.25) is 5.91 Å². The molecule has 0 bridgehead atoms. The molecule has 5 rings (SSSR count). The summed E-state index contributed by atoms with van der Waals surface area (Å²) in [6, 6.07) is 16.3. The van der Waals surface area contributed by atoms with Crippen LogP contribution in [0.25, 0.3) is 11.1 Å². The second kappa shape index (κ2) is 8.51. The molecule has 2 unspecified atom stereocenters. The van der Waals surface area contributed by atoms with Crippen LogP contribution >= 0.6 is 0 Å². The van der Waals surface area contributed by atoms with Crippen molar-refractivity contribution in [2.45, 2.75) is 36.8 Å². The van der Waals surface area contributed by atoms with Crippen LogP contribution in [0.1, 0.15) is 36.3 Å². The van der Waals surface area contributed by atoms with Crippen molar-refractivity contribution in [2.24, 2.45) is 5.92 Å². The predicted octanol–water partition coefficient (Wildman–Crippen LogP) is 2.66. The molecule has 2 aliphatic carbocycles. The fraction of sp³-hybridized carbons (Fsp3) is 0.400. The number of hydrogen-bond acceptors (Lipinski definition) is 5. The highest BCUT2D eigenvalue weighted by Crippen LogP contribution is 2.44. The van der Waals surface area contributed by atoms with Crippen LogP contribution in [-0.2, 0) is 19.1 Å². The zero-order chi connectivity index (χ0) is 23.0. The van der Waals surface area contributed by atoms with Crippen LogP contribution < -0.4 is 10.6 Å². The van der Waals surface area contributed by atoms with Crippen LogP contribution in [0.15, 0.2) is 48.5 Å². The van der Waals surface area contributed by atoms with Crippen molar-refractivity contribution in [3.63, 3.8) is 0 Å². The van der Waals surface area contributed by atoms with Crippen LogP contribution in [0.4, 0.5) is 4.79 Å². The molecule has 172 valence electrons. The maximum atomic E-state index is 12.6. The van der Waals surface area contributed by atoms with Gasteiger partial charge in [-0.05, 0) is 41.5 Å². The molecular weight excluding hydrogens is 424 g/mol. The predicted molar refractivity (Wildman–Crippen MR) is 119 cm³/mol. The van der Waals surface area contributed by atoms with Gasteiger partial charge in [-0.2, -0.15) is 0 Å². The number of aliphatic carboxylic acids is 1. The van der Waals surface area contributed by atoms with Crippen LogP contribution in [0.5, 0.6) is 0 Å². The highest BCUT2D eigenvalue weighted by Gasteiger charge is 2.53. The molecule has 2 amide bonds. The average molecular weight is 450 g/mol. The van der Waals surface area contributed by atoms with E-state index in [4.69, 9.17) is 9.47 Å². The molecule has 2 fully saturated rings. The first-order valence-electron chi connectivity index (χ1n) is 11.2. The van der Waals surface area contributed by atoms with E-state index in [-0.39, 0.29) is 25.0 Å². The molecule has 0 aromatic heterocycles. The largest absolute Gasteiger partial charge is 0.480 e. The first-order chi connectivity index (χ1) is 16.0. The number of nitrogens with one attached hydrogen (secondary N) is 2. The van der Waals surface area contributed by atoms with Gasteiger partial charge >= 0.3 is 12.1 Å². The Kier molecular flexibility index (Phi) is 5.54. The van der Waals surface area contributed by atoms with Gasteiger partial charge in [-0.25, -0.2) is 9.59 Å². The summed E-state index contributed by atoms with van der Waals surface area (Å²) in [5, 5.41) is 14.6. The SMILES string of the molecule is O=C(NCC1CCOC1C(=O)NC1(C(=O)O)CC1)OCC1c2ccccc2-c2ccccc21. The molecule has 3 N–H and O–H groups in total. The topological polar surface area (TPSA) is 114 Å². The summed E-state index contributed by atoms with van der Waals surface area (Å²) in [6.07, 6.45) is 0.109. The molecule has 8 nitrogen and oxygen atoms in total. The maximum absolute atomic E-state index is 12.6. The summed E-state index contributed by atoms with van der Waals surface area (Å²) in [4.78, 5) is 36.3. The summed E-state index contributed by atoms with van der Waals surface area (Å²) < 4.78 is 11.1. The Bertz CT molecular complexity index is 1050. The Labute approximate surface area is 191 Å². The van der Waals surface area contributed by atoms with Crippen molar-refractivity contribution >= 4 is 18.0 Å². The fourth-order valence-corrected chi connectivity index (χ4v) is 4.82. The lowest BCUT2D eigenvalue weighted by atomic mass is 9.98. The highest BCUT2D eigenvalue weighted by molar-refractivity contribution is 5.91. The van der Waals surface area contributed by atoms with Gasteiger partial charge in [-0.15, -0.1) is 0 Å². The number of alkyl carbamates (subject to hydrolysis) is 1. The van der Waals surface area contributed by atoms with Crippen LogP contribution in [0.2, 0.25) is 0 Å². The van der Waals surface area contributed by atoms with Gasteiger partial charge in [0.25, 0.3) is 0 Å². The number of ether oxygens (including phenoxy) is 2. The number of amides is 2. The molecule has 8 heteroatoms. The van der Waals surface area contributed by atoms with Gasteiger partial charge in [0.05, 0.1) is 0 Å². The zero-order valence-electron chi connectivity index (χ0n) is 18.1. The van der Waals surface area contributed by atoms with Gasteiger partial charge in [-0.3, -0.25) is 4.79 Å². The first kappa shape index (κ1) is 21.5. The third-order valence-corrected chi connectivity index (χ3v) is 6.85. The second-order valence-corrected chi connectivity index (χ2v) is 8.92. The number of carboxylic acid groups (broad SMARTS) is 1. The van der Waals surface area contributed by atoms with Crippen LogP contribution in [-0.4, -0.2) is 54.5 Å². The van der Waals surface area contributed by atoms with Crippen molar-refractivity contribution in [1.29, 1.82) is 0 Å². The molecule has 1 heterocycles. The van der Waals surface area contributed by atoms with E-state index in [0.717, 1.165) is 22.3 Å². The number of carboxylic acids is 1. The van der Waals surface area contributed by atoms with E-state index in [1.54, 1.807) is 0 Å². The number of benzene rings is 2. The summed E-state index contributed by atoms with van der Waals surface area (Å²) in [5.74, 6) is -1.73. The van der Waals surface area contributed by atoms with E-state index >= 15 is 0 Å². The lowest BCUT2D eigenvalue weighted by Crippen LogP contribution is -2.50. The third-order valence-electron chi connectivity index (χ3n) is 6.85. The molecule has 33 heavy (non-hydrogen) atoms. The number of fused-ring (bicyclic) bond motifs is 3.